The quantitative estimate of drug-likeness (QED) is 0.345. The smallest absolute Gasteiger partial charge is 0.270 e. The van der Waals surface area contributed by atoms with Gasteiger partial charge in [-0.05, 0) is 23.8 Å². The number of benzene rings is 3. The summed E-state index contributed by atoms with van der Waals surface area (Å²) < 4.78 is 0. The van der Waals surface area contributed by atoms with Gasteiger partial charge in [0.2, 0.25) is 5.91 Å². The number of carbonyl (C=O) groups is 3. The summed E-state index contributed by atoms with van der Waals surface area (Å²) in [6.45, 7) is 1.76. The maximum Gasteiger partial charge on any atom is 0.270 e. The summed E-state index contributed by atoms with van der Waals surface area (Å²) >= 11 is 0. The van der Waals surface area contributed by atoms with E-state index in [4.69, 9.17) is 0 Å². The van der Waals surface area contributed by atoms with Crippen LogP contribution in [0.4, 0.5) is 11.4 Å². The zero-order chi connectivity index (χ0) is 22.4. The molecule has 2 amide bonds. The van der Waals surface area contributed by atoms with E-state index in [0.717, 1.165) is 11.6 Å². The van der Waals surface area contributed by atoms with Gasteiger partial charge in [-0.15, -0.1) is 0 Å². The lowest BCUT2D eigenvalue weighted by atomic mass is 10.0. The molecule has 0 bridgehead atoms. The highest BCUT2D eigenvalue weighted by Crippen LogP contribution is 2.25. The van der Waals surface area contributed by atoms with Gasteiger partial charge in [0.1, 0.15) is 0 Å². The molecule has 0 aliphatic carbocycles. The van der Waals surface area contributed by atoms with Gasteiger partial charge in [-0.25, -0.2) is 0 Å². The fourth-order valence-corrected chi connectivity index (χ4v) is 2.88. The third-order valence-electron chi connectivity index (χ3n) is 4.50. The highest BCUT2D eigenvalue weighted by atomic mass is 16.6. The number of nitro groups is 1. The lowest BCUT2D eigenvalue weighted by Crippen LogP contribution is -2.19. The van der Waals surface area contributed by atoms with Crippen LogP contribution < -0.4 is 10.6 Å². The van der Waals surface area contributed by atoms with Gasteiger partial charge >= 0.3 is 0 Å². The number of rotatable bonds is 7. The number of hydrogen-bond acceptors (Lipinski definition) is 5. The molecule has 0 spiro atoms. The lowest BCUT2D eigenvalue weighted by molar-refractivity contribution is -0.384. The Balaban J connectivity index is 1.86. The lowest BCUT2D eigenvalue weighted by Gasteiger charge is -2.11. The van der Waals surface area contributed by atoms with Crippen LogP contribution in [0.25, 0.3) is 0 Å². The number of nitro benzene ring substituents is 1. The molecule has 0 radical (unpaired) electrons. The first-order chi connectivity index (χ1) is 14.8. The summed E-state index contributed by atoms with van der Waals surface area (Å²) in [6, 6.07) is 18.6. The van der Waals surface area contributed by atoms with Crippen molar-refractivity contribution in [2.24, 2.45) is 0 Å². The standard InChI is InChI=1S/C23H19N3O5/c1-15(27)24-14-16-7-9-18(10-8-16)23(29)25-21-12-11-19(26(30)31)13-20(21)22(28)17-5-3-2-4-6-17/h2-13H,14H2,1H3,(H,24,27)(H,25,29). The van der Waals surface area contributed by atoms with Crippen LogP contribution in [0.2, 0.25) is 0 Å². The molecule has 8 nitrogen and oxygen atoms in total. The molecule has 0 saturated carbocycles. The molecule has 0 aliphatic rings. The number of non-ortho nitro benzene ring substituents is 1. The Hall–Kier alpha value is -4.33. The van der Waals surface area contributed by atoms with Gasteiger partial charge in [0.05, 0.1) is 16.2 Å². The van der Waals surface area contributed by atoms with Crippen molar-refractivity contribution in [1.29, 1.82) is 0 Å². The number of ketones is 1. The number of nitrogens with one attached hydrogen (secondary N) is 2. The highest BCUT2D eigenvalue weighted by Gasteiger charge is 2.20. The van der Waals surface area contributed by atoms with Crippen molar-refractivity contribution in [3.63, 3.8) is 0 Å². The Labute approximate surface area is 178 Å². The summed E-state index contributed by atoms with van der Waals surface area (Å²) in [5, 5.41) is 16.5. The Bertz CT molecular complexity index is 1140. The average molecular weight is 417 g/mol. The first-order valence-electron chi connectivity index (χ1n) is 9.38. The van der Waals surface area contributed by atoms with E-state index in [1.165, 1.54) is 19.1 Å². The van der Waals surface area contributed by atoms with Crippen LogP contribution in [0, 0.1) is 10.1 Å². The largest absolute Gasteiger partial charge is 0.352 e. The Morgan fingerprint density at radius 1 is 0.903 bits per heavy atom. The normalized spacial score (nSPS) is 10.2. The molecule has 3 aromatic carbocycles. The Morgan fingerprint density at radius 2 is 1.58 bits per heavy atom. The minimum atomic E-state index is -0.596. The SMILES string of the molecule is CC(=O)NCc1ccc(C(=O)Nc2ccc([N+](=O)[O-])cc2C(=O)c2ccccc2)cc1. The summed E-state index contributed by atoms with van der Waals surface area (Å²) in [4.78, 5) is 47.2. The predicted octanol–water partition coefficient (Wildman–Crippen LogP) is 3.71. The topological polar surface area (TPSA) is 118 Å². The molecule has 0 unspecified atom stereocenters. The molecule has 0 aromatic heterocycles. The number of amides is 2. The van der Waals surface area contributed by atoms with E-state index in [2.05, 4.69) is 10.6 Å². The summed E-state index contributed by atoms with van der Waals surface area (Å²) in [5.41, 5.74) is 1.45. The molecular weight excluding hydrogens is 398 g/mol. The summed E-state index contributed by atoms with van der Waals surface area (Å²) in [7, 11) is 0. The average Bonchev–Trinajstić information content (AvgIpc) is 2.78. The second-order valence-electron chi connectivity index (χ2n) is 6.74. The van der Waals surface area contributed by atoms with E-state index < -0.39 is 16.6 Å². The number of anilines is 1. The number of nitrogens with zero attached hydrogens (tertiary/aromatic N) is 1. The molecule has 3 aromatic rings. The van der Waals surface area contributed by atoms with Crippen molar-refractivity contribution >= 4 is 29.0 Å². The molecule has 0 aliphatic heterocycles. The number of carbonyl (C=O) groups excluding carboxylic acids is 3. The fourth-order valence-electron chi connectivity index (χ4n) is 2.88. The molecule has 0 heterocycles. The minimum Gasteiger partial charge on any atom is -0.352 e. The second-order valence-corrected chi connectivity index (χ2v) is 6.74. The van der Waals surface area contributed by atoms with Crippen LogP contribution in [0.15, 0.2) is 72.8 Å². The van der Waals surface area contributed by atoms with Gasteiger partial charge in [0.25, 0.3) is 11.6 Å². The van der Waals surface area contributed by atoms with E-state index in [0.29, 0.717) is 17.7 Å². The van der Waals surface area contributed by atoms with Crippen molar-refractivity contribution in [3.05, 3.63) is 105 Å². The third kappa shape index (κ3) is 5.39. The van der Waals surface area contributed by atoms with Crippen LogP contribution >= 0.6 is 0 Å². The zero-order valence-corrected chi connectivity index (χ0v) is 16.6. The van der Waals surface area contributed by atoms with E-state index in [1.54, 1.807) is 54.6 Å². The van der Waals surface area contributed by atoms with Crippen molar-refractivity contribution in [2.45, 2.75) is 13.5 Å². The van der Waals surface area contributed by atoms with Crippen LogP contribution in [-0.2, 0) is 11.3 Å². The summed E-state index contributed by atoms with van der Waals surface area (Å²) in [6.07, 6.45) is 0. The molecule has 3 rings (SSSR count). The maximum absolute atomic E-state index is 12.9. The van der Waals surface area contributed by atoms with Gasteiger partial charge in [0.15, 0.2) is 5.78 Å². The first kappa shape index (κ1) is 21.4. The Morgan fingerprint density at radius 3 is 2.19 bits per heavy atom. The van der Waals surface area contributed by atoms with Crippen molar-refractivity contribution in [1.82, 2.24) is 5.32 Å². The van der Waals surface area contributed by atoms with Gasteiger partial charge < -0.3 is 10.6 Å². The van der Waals surface area contributed by atoms with E-state index in [1.807, 2.05) is 0 Å². The van der Waals surface area contributed by atoms with Crippen LogP contribution in [0.5, 0.6) is 0 Å². The predicted molar refractivity (Wildman–Crippen MR) is 115 cm³/mol. The molecule has 0 fully saturated rings. The first-order valence-corrected chi connectivity index (χ1v) is 9.38. The zero-order valence-electron chi connectivity index (χ0n) is 16.6. The van der Waals surface area contributed by atoms with Gasteiger partial charge in [-0.3, -0.25) is 24.5 Å². The summed E-state index contributed by atoms with van der Waals surface area (Å²) in [5.74, 6) is -1.07. The molecular formula is C23H19N3O5. The van der Waals surface area contributed by atoms with E-state index in [-0.39, 0.29) is 22.8 Å². The molecule has 2 N–H and O–H groups in total. The maximum atomic E-state index is 12.9. The Kier molecular flexibility index (Phi) is 6.51. The van der Waals surface area contributed by atoms with Crippen LogP contribution in [0.3, 0.4) is 0 Å². The number of hydrogen-bond donors (Lipinski definition) is 2. The van der Waals surface area contributed by atoms with E-state index >= 15 is 0 Å². The van der Waals surface area contributed by atoms with Gasteiger partial charge in [-0.2, -0.15) is 0 Å². The minimum absolute atomic E-state index is 0.0241. The second kappa shape index (κ2) is 9.45. The van der Waals surface area contributed by atoms with Crippen molar-refractivity contribution in [2.75, 3.05) is 5.32 Å². The van der Waals surface area contributed by atoms with Gasteiger partial charge in [-0.1, -0.05) is 42.5 Å². The van der Waals surface area contributed by atoms with Crippen molar-refractivity contribution < 1.29 is 19.3 Å². The molecule has 0 saturated heterocycles. The third-order valence-corrected chi connectivity index (χ3v) is 4.50. The fraction of sp³-hybridized carbons (Fsp3) is 0.0870. The molecule has 156 valence electrons. The monoisotopic (exact) mass is 417 g/mol. The molecule has 31 heavy (non-hydrogen) atoms. The van der Waals surface area contributed by atoms with Gasteiger partial charge in [0, 0.05) is 36.7 Å². The van der Waals surface area contributed by atoms with Crippen molar-refractivity contribution in [3.8, 4) is 0 Å². The van der Waals surface area contributed by atoms with Crippen LogP contribution in [-0.4, -0.2) is 22.5 Å². The molecule has 8 heteroatoms. The van der Waals surface area contributed by atoms with Crippen LogP contribution in [0.1, 0.15) is 38.8 Å². The molecule has 0 atom stereocenters. The van der Waals surface area contributed by atoms with E-state index in [9.17, 15) is 24.5 Å². The highest BCUT2D eigenvalue weighted by molar-refractivity contribution is 6.15.